The van der Waals surface area contributed by atoms with Crippen LogP contribution < -0.4 is 5.73 Å². The van der Waals surface area contributed by atoms with Crippen molar-refractivity contribution < 1.29 is 0 Å². The molecule has 15 heavy (non-hydrogen) atoms. The van der Waals surface area contributed by atoms with Crippen LogP contribution in [-0.2, 0) is 0 Å². The zero-order chi connectivity index (χ0) is 11.0. The lowest BCUT2D eigenvalue weighted by Gasteiger charge is -2.10. The summed E-state index contributed by atoms with van der Waals surface area (Å²) in [5.41, 5.74) is 8.43. The third kappa shape index (κ3) is 1.70. The minimum atomic E-state index is 0.573. The summed E-state index contributed by atoms with van der Waals surface area (Å²) in [6, 6.07) is 3.73. The van der Waals surface area contributed by atoms with E-state index in [1.165, 1.54) is 0 Å². The first-order valence-electron chi connectivity index (χ1n) is 4.65. The summed E-state index contributed by atoms with van der Waals surface area (Å²) in [4.78, 5) is 4.17. The maximum absolute atomic E-state index is 6.00. The van der Waals surface area contributed by atoms with E-state index in [1.54, 1.807) is 6.20 Å². The van der Waals surface area contributed by atoms with E-state index in [0.29, 0.717) is 10.7 Å². The van der Waals surface area contributed by atoms with Crippen LogP contribution in [0.15, 0.2) is 24.5 Å². The number of aromatic nitrogens is 2. The van der Waals surface area contributed by atoms with Gasteiger partial charge in [0, 0.05) is 12.4 Å². The highest BCUT2D eigenvalue weighted by molar-refractivity contribution is 6.33. The van der Waals surface area contributed by atoms with Crippen LogP contribution in [0.1, 0.15) is 11.4 Å². The van der Waals surface area contributed by atoms with E-state index >= 15 is 0 Å². The number of rotatable bonds is 1. The second-order valence-corrected chi connectivity index (χ2v) is 3.91. The summed E-state index contributed by atoms with van der Waals surface area (Å²) in [6.07, 6.45) is 3.67. The van der Waals surface area contributed by atoms with E-state index in [9.17, 15) is 0 Å². The fourth-order valence-corrected chi connectivity index (χ4v) is 1.74. The van der Waals surface area contributed by atoms with E-state index in [4.69, 9.17) is 17.3 Å². The Bertz CT molecular complexity index is 503. The number of benzene rings is 1. The van der Waals surface area contributed by atoms with Gasteiger partial charge in [-0.05, 0) is 31.5 Å². The smallest absolute Gasteiger partial charge is 0.110 e. The number of nitrogen functional groups attached to an aromatic ring is 1. The molecular formula is C11H12ClN3. The van der Waals surface area contributed by atoms with Crippen molar-refractivity contribution >= 4 is 17.3 Å². The van der Waals surface area contributed by atoms with Crippen molar-refractivity contribution in [1.82, 2.24) is 9.55 Å². The SMILES string of the molecule is Cc1cc(N)c(Cl)cc1-n1ccnc1C. The second kappa shape index (κ2) is 3.59. The molecule has 1 aromatic carbocycles. The van der Waals surface area contributed by atoms with Crippen molar-refractivity contribution in [2.75, 3.05) is 5.73 Å². The summed E-state index contributed by atoms with van der Waals surface area (Å²) in [5.74, 6) is 0.930. The normalized spacial score (nSPS) is 10.6. The maximum atomic E-state index is 6.00. The maximum Gasteiger partial charge on any atom is 0.110 e. The van der Waals surface area contributed by atoms with Crippen LogP contribution in [0.25, 0.3) is 5.69 Å². The topological polar surface area (TPSA) is 43.8 Å². The van der Waals surface area contributed by atoms with Crippen LogP contribution in [-0.4, -0.2) is 9.55 Å². The van der Waals surface area contributed by atoms with E-state index < -0.39 is 0 Å². The lowest BCUT2D eigenvalue weighted by molar-refractivity contribution is 0.965. The monoisotopic (exact) mass is 221 g/mol. The predicted molar refractivity (Wildman–Crippen MR) is 62.5 cm³/mol. The fraction of sp³-hybridized carbons (Fsp3) is 0.182. The Morgan fingerprint density at radius 3 is 2.67 bits per heavy atom. The molecule has 3 nitrogen and oxygen atoms in total. The molecule has 0 saturated carbocycles. The van der Waals surface area contributed by atoms with Gasteiger partial charge in [0.05, 0.1) is 16.4 Å². The van der Waals surface area contributed by atoms with Gasteiger partial charge in [-0.2, -0.15) is 0 Å². The van der Waals surface area contributed by atoms with Crippen molar-refractivity contribution in [3.8, 4) is 5.69 Å². The number of anilines is 1. The van der Waals surface area contributed by atoms with Crippen LogP contribution in [0, 0.1) is 13.8 Å². The second-order valence-electron chi connectivity index (χ2n) is 3.50. The number of hydrogen-bond donors (Lipinski definition) is 1. The van der Waals surface area contributed by atoms with Crippen molar-refractivity contribution in [1.29, 1.82) is 0 Å². The molecule has 78 valence electrons. The Balaban J connectivity index is 2.64. The highest BCUT2D eigenvalue weighted by atomic mass is 35.5. The molecule has 1 aromatic heterocycles. The highest BCUT2D eigenvalue weighted by Gasteiger charge is 2.07. The Labute approximate surface area is 93.5 Å². The predicted octanol–water partition coefficient (Wildman–Crippen LogP) is 2.72. The standard InChI is InChI=1S/C11H12ClN3/c1-7-5-10(13)9(12)6-11(7)15-4-3-14-8(15)2/h3-6H,13H2,1-2H3. The molecule has 0 saturated heterocycles. The minimum Gasteiger partial charge on any atom is -0.398 e. The molecule has 0 atom stereocenters. The Kier molecular flexibility index (Phi) is 2.40. The van der Waals surface area contributed by atoms with Gasteiger partial charge < -0.3 is 10.3 Å². The average molecular weight is 222 g/mol. The first-order chi connectivity index (χ1) is 7.09. The first-order valence-corrected chi connectivity index (χ1v) is 5.03. The summed E-state index contributed by atoms with van der Waals surface area (Å²) in [7, 11) is 0. The number of nitrogens with two attached hydrogens (primary N) is 1. The van der Waals surface area contributed by atoms with Crippen LogP contribution in [0.3, 0.4) is 0 Å². The largest absolute Gasteiger partial charge is 0.398 e. The number of imidazole rings is 1. The van der Waals surface area contributed by atoms with Gasteiger partial charge in [0.25, 0.3) is 0 Å². The summed E-state index contributed by atoms with van der Waals surface area (Å²) < 4.78 is 1.99. The van der Waals surface area contributed by atoms with Crippen molar-refractivity contribution in [2.45, 2.75) is 13.8 Å². The molecule has 0 radical (unpaired) electrons. The van der Waals surface area contributed by atoms with E-state index in [1.807, 2.05) is 36.7 Å². The van der Waals surface area contributed by atoms with Gasteiger partial charge >= 0.3 is 0 Å². The molecule has 4 heteroatoms. The Morgan fingerprint density at radius 1 is 1.33 bits per heavy atom. The zero-order valence-corrected chi connectivity index (χ0v) is 9.42. The van der Waals surface area contributed by atoms with Gasteiger partial charge in [-0.1, -0.05) is 11.6 Å². The molecule has 1 heterocycles. The first kappa shape index (κ1) is 10.1. The third-order valence-electron chi connectivity index (χ3n) is 2.40. The van der Waals surface area contributed by atoms with Gasteiger partial charge in [-0.3, -0.25) is 0 Å². The number of aryl methyl sites for hydroxylation is 2. The Hall–Kier alpha value is -1.48. The van der Waals surface area contributed by atoms with Crippen LogP contribution >= 0.6 is 11.6 Å². The Morgan fingerprint density at radius 2 is 2.07 bits per heavy atom. The van der Waals surface area contributed by atoms with E-state index in [2.05, 4.69) is 4.98 Å². The van der Waals surface area contributed by atoms with Gasteiger partial charge in [0.15, 0.2) is 0 Å². The summed E-state index contributed by atoms with van der Waals surface area (Å²) in [6.45, 7) is 3.95. The molecular weight excluding hydrogens is 210 g/mol. The quantitative estimate of drug-likeness (QED) is 0.753. The van der Waals surface area contributed by atoms with Gasteiger partial charge in [-0.15, -0.1) is 0 Å². The molecule has 2 N–H and O–H groups in total. The molecule has 0 amide bonds. The fourth-order valence-electron chi connectivity index (χ4n) is 1.59. The summed E-state index contributed by atoms with van der Waals surface area (Å²) in [5, 5.41) is 0.573. The van der Waals surface area contributed by atoms with Crippen LogP contribution in [0.5, 0.6) is 0 Å². The molecule has 0 unspecified atom stereocenters. The summed E-state index contributed by atoms with van der Waals surface area (Å²) >= 11 is 6.00. The highest BCUT2D eigenvalue weighted by Crippen LogP contribution is 2.26. The molecule has 0 fully saturated rings. The molecule has 0 spiro atoms. The van der Waals surface area contributed by atoms with Crippen molar-refractivity contribution in [3.05, 3.63) is 40.9 Å². The zero-order valence-electron chi connectivity index (χ0n) is 8.66. The van der Waals surface area contributed by atoms with Crippen LogP contribution in [0.2, 0.25) is 5.02 Å². The average Bonchev–Trinajstić information content (AvgIpc) is 2.58. The third-order valence-corrected chi connectivity index (χ3v) is 2.73. The van der Waals surface area contributed by atoms with Gasteiger partial charge in [0.1, 0.15) is 5.82 Å². The van der Waals surface area contributed by atoms with E-state index in [-0.39, 0.29) is 0 Å². The van der Waals surface area contributed by atoms with Crippen molar-refractivity contribution in [2.24, 2.45) is 0 Å². The molecule has 0 aliphatic rings. The number of halogens is 1. The number of nitrogens with zero attached hydrogens (tertiary/aromatic N) is 2. The molecule has 2 rings (SSSR count). The lowest BCUT2D eigenvalue weighted by Crippen LogP contribution is -2.00. The van der Waals surface area contributed by atoms with Crippen molar-refractivity contribution in [3.63, 3.8) is 0 Å². The van der Waals surface area contributed by atoms with Gasteiger partial charge in [0.2, 0.25) is 0 Å². The molecule has 0 bridgehead atoms. The molecule has 2 aromatic rings. The lowest BCUT2D eigenvalue weighted by atomic mass is 10.1. The molecule has 0 aliphatic carbocycles. The van der Waals surface area contributed by atoms with Gasteiger partial charge in [-0.25, -0.2) is 4.98 Å². The minimum absolute atomic E-state index is 0.573. The van der Waals surface area contributed by atoms with E-state index in [0.717, 1.165) is 17.1 Å². The number of hydrogen-bond acceptors (Lipinski definition) is 2. The van der Waals surface area contributed by atoms with Crippen LogP contribution in [0.4, 0.5) is 5.69 Å². The molecule has 0 aliphatic heterocycles.